The Morgan fingerprint density at radius 3 is 2.30 bits per heavy atom. The van der Waals surface area contributed by atoms with Gasteiger partial charge in [0.05, 0.1) is 13.3 Å². The van der Waals surface area contributed by atoms with Gasteiger partial charge in [-0.1, -0.05) is 0 Å². The van der Waals surface area contributed by atoms with E-state index in [-0.39, 0.29) is 5.75 Å². The molecule has 7 heteroatoms. The summed E-state index contributed by atoms with van der Waals surface area (Å²) < 4.78 is 5.00. The fourth-order valence-electron chi connectivity index (χ4n) is 1.64. The quantitative estimate of drug-likeness (QED) is 0.452. The van der Waals surface area contributed by atoms with E-state index in [9.17, 15) is 9.59 Å². The molecule has 3 N–H and O–H groups in total. The van der Waals surface area contributed by atoms with Crippen LogP contribution >= 0.6 is 0 Å². The Morgan fingerprint density at radius 1 is 1.04 bits per heavy atom. The average molecular weight is 313 g/mol. The van der Waals surface area contributed by atoms with Gasteiger partial charge in [-0.2, -0.15) is 5.10 Å². The average Bonchev–Trinajstić information content (AvgIpc) is 2.57. The first kappa shape index (κ1) is 16.0. The fraction of sp³-hybridized carbons (Fsp3) is 0.0625. The summed E-state index contributed by atoms with van der Waals surface area (Å²) >= 11 is 0. The molecule has 118 valence electrons. The fourth-order valence-corrected chi connectivity index (χ4v) is 1.64. The smallest absolute Gasteiger partial charge is 0.329 e. The Kier molecular flexibility index (Phi) is 5.30. The van der Waals surface area contributed by atoms with Crippen LogP contribution in [0.2, 0.25) is 0 Å². The van der Waals surface area contributed by atoms with Crippen LogP contribution in [-0.2, 0) is 9.59 Å². The predicted octanol–water partition coefficient (Wildman–Crippen LogP) is 1.49. The highest BCUT2D eigenvalue weighted by Gasteiger charge is 2.12. The number of aromatic hydroxyl groups is 1. The first-order chi connectivity index (χ1) is 11.1. The molecule has 0 aliphatic heterocycles. The second kappa shape index (κ2) is 7.60. The highest BCUT2D eigenvalue weighted by molar-refractivity contribution is 6.39. The topological polar surface area (TPSA) is 100 Å². The molecule has 0 saturated heterocycles. The molecule has 7 nitrogen and oxygen atoms in total. The number of methoxy groups -OCH3 is 1. The van der Waals surface area contributed by atoms with Crippen molar-refractivity contribution in [2.24, 2.45) is 5.10 Å². The van der Waals surface area contributed by atoms with Gasteiger partial charge in [0.15, 0.2) is 0 Å². The zero-order chi connectivity index (χ0) is 16.7. The van der Waals surface area contributed by atoms with Crippen molar-refractivity contribution in [3.05, 3.63) is 54.1 Å². The van der Waals surface area contributed by atoms with Crippen molar-refractivity contribution in [1.82, 2.24) is 5.43 Å². The number of hydrogen-bond acceptors (Lipinski definition) is 5. The van der Waals surface area contributed by atoms with Gasteiger partial charge >= 0.3 is 11.8 Å². The van der Waals surface area contributed by atoms with Gasteiger partial charge in [-0.3, -0.25) is 9.59 Å². The van der Waals surface area contributed by atoms with E-state index in [1.54, 1.807) is 36.4 Å². The molecule has 0 heterocycles. The SMILES string of the molecule is COc1ccc(NC(=O)C(=O)N/N=C\c2ccc(O)cc2)cc1. The van der Waals surface area contributed by atoms with Gasteiger partial charge in [0.25, 0.3) is 0 Å². The van der Waals surface area contributed by atoms with Crippen LogP contribution in [0.1, 0.15) is 5.56 Å². The maximum atomic E-state index is 11.7. The monoisotopic (exact) mass is 313 g/mol. The normalized spacial score (nSPS) is 10.3. The lowest BCUT2D eigenvalue weighted by Crippen LogP contribution is -2.32. The largest absolute Gasteiger partial charge is 0.508 e. The zero-order valence-electron chi connectivity index (χ0n) is 12.3. The Labute approximate surface area is 132 Å². The van der Waals surface area contributed by atoms with Crippen molar-refractivity contribution in [2.75, 3.05) is 12.4 Å². The summed E-state index contributed by atoms with van der Waals surface area (Å²) in [4.78, 5) is 23.3. The Balaban J connectivity index is 1.86. The molecule has 0 bridgehead atoms. The minimum atomic E-state index is -0.893. The van der Waals surface area contributed by atoms with Crippen LogP contribution in [-0.4, -0.2) is 30.2 Å². The third kappa shape index (κ3) is 4.85. The highest BCUT2D eigenvalue weighted by Crippen LogP contribution is 2.14. The number of rotatable bonds is 4. The number of benzene rings is 2. The number of ether oxygens (including phenoxy) is 1. The number of nitrogens with one attached hydrogen (secondary N) is 2. The lowest BCUT2D eigenvalue weighted by atomic mass is 10.2. The number of carbonyl (C=O) groups is 2. The minimum Gasteiger partial charge on any atom is -0.508 e. The molecule has 23 heavy (non-hydrogen) atoms. The van der Waals surface area contributed by atoms with Crippen LogP contribution < -0.4 is 15.5 Å². The Morgan fingerprint density at radius 2 is 1.70 bits per heavy atom. The summed E-state index contributed by atoms with van der Waals surface area (Å²) in [5.74, 6) is -0.954. The van der Waals surface area contributed by atoms with Crippen molar-refractivity contribution in [1.29, 1.82) is 0 Å². The van der Waals surface area contributed by atoms with Crippen LogP contribution in [0.25, 0.3) is 0 Å². The lowest BCUT2D eigenvalue weighted by molar-refractivity contribution is -0.136. The van der Waals surface area contributed by atoms with E-state index in [0.29, 0.717) is 17.0 Å². The van der Waals surface area contributed by atoms with Crippen molar-refractivity contribution < 1.29 is 19.4 Å². The number of hydrogen-bond donors (Lipinski definition) is 3. The third-order valence-electron chi connectivity index (χ3n) is 2.83. The van der Waals surface area contributed by atoms with Gasteiger partial charge in [0.2, 0.25) is 0 Å². The first-order valence-corrected chi connectivity index (χ1v) is 6.66. The van der Waals surface area contributed by atoms with Crippen LogP contribution in [0.15, 0.2) is 53.6 Å². The molecule has 0 radical (unpaired) electrons. The molecule has 0 aliphatic carbocycles. The van der Waals surface area contributed by atoms with E-state index in [0.717, 1.165) is 0 Å². The summed E-state index contributed by atoms with van der Waals surface area (Å²) in [6.45, 7) is 0. The lowest BCUT2D eigenvalue weighted by Gasteiger charge is -2.05. The summed E-state index contributed by atoms with van der Waals surface area (Å²) in [6.07, 6.45) is 1.36. The number of carbonyl (C=O) groups excluding carboxylic acids is 2. The van der Waals surface area contributed by atoms with Gasteiger partial charge in [-0.05, 0) is 54.1 Å². The summed E-state index contributed by atoms with van der Waals surface area (Å²) in [5.41, 5.74) is 3.25. The van der Waals surface area contributed by atoms with E-state index in [2.05, 4.69) is 15.8 Å². The Hall–Kier alpha value is -3.35. The van der Waals surface area contributed by atoms with Crippen molar-refractivity contribution >= 4 is 23.7 Å². The van der Waals surface area contributed by atoms with Crippen LogP contribution in [0.3, 0.4) is 0 Å². The standard InChI is InChI=1S/C16H15N3O4/c1-23-14-8-4-12(5-9-14)18-15(21)16(22)19-17-10-11-2-6-13(20)7-3-11/h2-10,20H,1H3,(H,18,21)(H,19,22)/b17-10-. The van der Waals surface area contributed by atoms with Crippen LogP contribution in [0, 0.1) is 0 Å². The summed E-state index contributed by atoms with van der Waals surface area (Å²) in [6, 6.07) is 12.8. The molecule has 0 aromatic heterocycles. The van der Waals surface area contributed by atoms with E-state index in [4.69, 9.17) is 9.84 Å². The number of amides is 2. The molecule has 0 saturated carbocycles. The highest BCUT2D eigenvalue weighted by atomic mass is 16.5. The van der Waals surface area contributed by atoms with Gasteiger partial charge < -0.3 is 15.2 Å². The van der Waals surface area contributed by atoms with Crippen molar-refractivity contribution in [3.8, 4) is 11.5 Å². The molecule has 0 spiro atoms. The number of anilines is 1. The molecular formula is C16H15N3O4. The molecular weight excluding hydrogens is 298 g/mol. The van der Waals surface area contributed by atoms with Crippen molar-refractivity contribution in [3.63, 3.8) is 0 Å². The summed E-state index contributed by atoms with van der Waals surface area (Å²) in [7, 11) is 1.53. The maximum Gasteiger partial charge on any atom is 0.329 e. The van der Waals surface area contributed by atoms with Gasteiger partial charge in [-0.25, -0.2) is 5.43 Å². The number of phenols is 1. The van der Waals surface area contributed by atoms with Crippen LogP contribution in [0.4, 0.5) is 5.69 Å². The van der Waals surface area contributed by atoms with Gasteiger partial charge in [0, 0.05) is 5.69 Å². The molecule has 2 aromatic carbocycles. The zero-order valence-corrected chi connectivity index (χ0v) is 12.3. The van der Waals surface area contributed by atoms with E-state index in [1.807, 2.05) is 0 Å². The molecule has 0 fully saturated rings. The third-order valence-corrected chi connectivity index (χ3v) is 2.83. The second-order valence-electron chi connectivity index (χ2n) is 4.47. The van der Waals surface area contributed by atoms with E-state index < -0.39 is 11.8 Å². The number of nitrogens with zero attached hydrogens (tertiary/aromatic N) is 1. The second-order valence-corrected chi connectivity index (χ2v) is 4.47. The van der Waals surface area contributed by atoms with Gasteiger partial charge in [0.1, 0.15) is 11.5 Å². The first-order valence-electron chi connectivity index (χ1n) is 6.66. The molecule has 0 unspecified atom stereocenters. The van der Waals surface area contributed by atoms with E-state index >= 15 is 0 Å². The molecule has 2 amide bonds. The molecule has 2 aromatic rings. The van der Waals surface area contributed by atoms with Gasteiger partial charge in [-0.15, -0.1) is 0 Å². The summed E-state index contributed by atoms with van der Waals surface area (Å²) in [5, 5.41) is 15.3. The number of hydrazone groups is 1. The maximum absolute atomic E-state index is 11.7. The van der Waals surface area contributed by atoms with Crippen molar-refractivity contribution in [2.45, 2.75) is 0 Å². The number of phenolic OH excluding ortho intramolecular Hbond substituents is 1. The minimum absolute atomic E-state index is 0.130. The Bertz CT molecular complexity index is 709. The van der Waals surface area contributed by atoms with Crippen LogP contribution in [0.5, 0.6) is 11.5 Å². The molecule has 0 atom stereocenters. The predicted molar refractivity (Wildman–Crippen MR) is 85.5 cm³/mol. The van der Waals surface area contributed by atoms with E-state index in [1.165, 1.54) is 25.5 Å². The molecule has 2 rings (SSSR count). The molecule has 0 aliphatic rings.